The molecule has 0 aliphatic carbocycles. The zero-order valence-corrected chi connectivity index (χ0v) is 10.8. The SMILES string of the molecule is OCCO.[Sn].[V].[W]. The van der Waals surface area contributed by atoms with Crippen molar-refractivity contribution in [2.75, 3.05) is 13.2 Å². The van der Waals surface area contributed by atoms with Gasteiger partial charge >= 0.3 is 0 Å². The van der Waals surface area contributed by atoms with Crippen molar-refractivity contribution in [2.45, 2.75) is 0 Å². The molecule has 0 fully saturated rings. The quantitative estimate of drug-likeness (QED) is 0.517. The first-order chi connectivity index (χ1) is 1.91. The van der Waals surface area contributed by atoms with E-state index in [0.717, 1.165) is 0 Å². The summed E-state index contributed by atoms with van der Waals surface area (Å²) in [6.07, 6.45) is 0. The van der Waals surface area contributed by atoms with E-state index in [4.69, 9.17) is 10.2 Å². The third kappa shape index (κ3) is 32.1. The van der Waals surface area contributed by atoms with Crippen LogP contribution < -0.4 is 0 Å². The van der Waals surface area contributed by atoms with Crippen molar-refractivity contribution >= 4 is 23.9 Å². The average Bonchev–Trinajstić information content (AvgIpc) is 1.37. The maximum atomic E-state index is 7.62. The van der Waals surface area contributed by atoms with Crippen LogP contribution in [0.1, 0.15) is 0 Å². The van der Waals surface area contributed by atoms with Crippen LogP contribution in [0.4, 0.5) is 0 Å². The fourth-order valence-corrected chi connectivity index (χ4v) is 0. The van der Waals surface area contributed by atoms with E-state index in [0.29, 0.717) is 0 Å². The fraction of sp³-hybridized carbons (Fsp3) is 1.00. The van der Waals surface area contributed by atoms with E-state index in [9.17, 15) is 0 Å². The molecule has 0 atom stereocenters. The molecule has 0 aliphatic rings. The summed E-state index contributed by atoms with van der Waals surface area (Å²) in [4.78, 5) is 0. The van der Waals surface area contributed by atoms with E-state index in [2.05, 4.69) is 0 Å². The van der Waals surface area contributed by atoms with Crippen LogP contribution >= 0.6 is 0 Å². The summed E-state index contributed by atoms with van der Waals surface area (Å²) in [5, 5.41) is 15.2. The van der Waals surface area contributed by atoms with E-state index in [1.165, 1.54) is 0 Å². The van der Waals surface area contributed by atoms with Gasteiger partial charge in [0.05, 0.1) is 13.2 Å². The molecular formula is C2H6O2SnVW. The van der Waals surface area contributed by atoms with Crippen LogP contribution in [0, 0.1) is 0 Å². The first kappa shape index (κ1) is 23.0. The van der Waals surface area contributed by atoms with Crippen molar-refractivity contribution in [2.24, 2.45) is 0 Å². The molecule has 0 unspecified atom stereocenters. The van der Waals surface area contributed by atoms with Gasteiger partial charge in [-0.25, -0.2) is 0 Å². The Balaban J connectivity index is -0.0000000150. The monoisotopic (exact) mass is 417 g/mol. The Morgan fingerprint density at radius 3 is 1.14 bits per heavy atom. The summed E-state index contributed by atoms with van der Waals surface area (Å²) in [5.74, 6) is 0. The molecule has 5 heteroatoms. The minimum Gasteiger partial charge on any atom is -0.394 e. The molecule has 0 bridgehead atoms. The summed E-state index contributed by atoms with van der Waals surface area (Å²) in [5.41, 5.74) is 0. The molecule has 0 spiro atoms. The normalized spacial score (nSPS) is 4.29. The minimum absolute atomic E-state index is 0. The Hall–Kier alpha value is 1.99. The molecule has 2 N–H and O–H groups in total. The Bertz CT molecular complexity index is 17.7. The van der Waals surface area contributed by atoms with Gasteiger partial charge in [-0.15, -0.1) is 0 Å². The first-order valence-electron chi connectivity index (χ1n) is 1.13. The second-order valence-electron chi connectivity index (χ2n) is 0.447. The predicted octanol–water partition coefficient (Wildman–Crippen LogP) is -1.41. The van der Waals surface area contributed by atoms with Gasteiger partial charge < -0.3 is 10.2 Å². The number of aliphatic hydroxyl groups excluding tert-OH is 2. The second-order valence-corrected chi connectivity index (χ2v) is 0.447. The number of hydrogen-bond donors (Lipinski definition) is 2. The molecule has 0 aromatic rings. The van der Waals surface area contributed by atoms with Crippen LogP contribution in [0.3, 0.4) is 0 Å². The van der Waals surface area contributed by atoms with E-state index in [1.54, 1.807) is 0 Å². The summed E-state index contributed by atoms with van der Waals surface area (Å²) in [6.45, 7) is -0.250. The molecule has 7 heavy (non-hydrogen) atoms. The summed E-state index contributed by atoms with van der Waals surface area (Å²) < 4.78 is 0. The third-order valence-electron chi connectivity index (χ3n) is 0.1000. The Kier molecular flexibility index (Phi) is 80.7. The van der Waals surface area contributed by atoms with Gasteiger partial charge in [0.2, 0.25) is 0 Å². The van der Waals surface area contributed by atoms with E-state index in [-0.39, 0.29) is 76.7 Å². The first-order valence-corrected chi connectivity index (χ1v) is 1.13. The molecule has 2 nitrogen and oxygen atoms in total. The molecule has 41 valence electrons. The fourth-order valence-electron chi connectivity index (χ4n) is 0. The molecule has 0 aromatic carbocycles. The van der Waals surface area contributed by atoms with E-state index < -0.39 is 0 Å². The van der Waals surface area contributed by atoms with Crippen LogP contribution in [-0.4, -0.2) is 47.3 Å². The predicted molar refractivity (Wildman–Crippen MR) is 19.9 cm³/mol. The molecule has 0 amide bonds. The van der Waals surface area contributed by atoms with Gasteiger partial charge in [-0.3, -0.25) is 0 Å². The third-order valence-corrected chi connectivity index (χ3v) is 0.1000. The summed E-state index contributed by atoms with van der Waals surface area (Å²) in [6, 6.07) is 0. The van der Waals surface area contributed by atoms with Crippen molar-refractivity contribution < 1.29 is 49.8 Å². The average molecular weight is 416 g/mol. The Morgan fingerprint density at radius 1 is 1.00 bits per heavy atom. The van der Waals surface area contributed by atoms with Crippen molar-refractivity contribution in [3.63, 3.8) is 0 Å². The van der Waals surface area contributed by atoms with Gasteiger partial charge in [-0.2, -0.15) is 0 Å². The van der Waals surface area contributed by atoms with E-state index in [1.807, 2.05) is 0 Å². The maximum absolute atomic E-state index is 7.62. The van der Waals surface area contributed by atoms with Crippen LogP contribution in [0.2, 0.25) is 0 Å². The number of hydrogen-bond acceptors (Lipinski definition) is 2. The van der Waals surface area contributed by atoms with Gasteiger partial charge in [-0.1, -0.05) is 0 Å². The van der Waals surface area contributed by atoms with Gasteiger partial charge in [0.1, 0.15) is 0 Å². The smallest absolute Gasteiger partial charge is 0.0662 e. The summed E-state index contributed by atoms with van der Waals surface area (Å²) in [7, 11) is 0. The van der Waals surface area contributed by atoms with Crippen LogP contribution in [0.5, 0.6) is 0 Å². The largest absolute Gasteiger partial charge is 0.394 e. The molecule has 5 radical (unpaired) electrons. The van der Waals surface area contributed by atoms with Crippen LogP contribution in [0.15, 0.2) is 0 Å². The van der Waals surface area contributed by atoms with Crippen molar-refractivity contribution in [3.05, 3.63) is 0 Å². The van der Waals surface area contributed by atoms with Crippen LogP contribution in [0.25, 0.3) is 0 Å². The second kappa shape index (κ2) is 24.5. The van der Waals surface area contributed by atoms with Crippen molar-refractivity contribution in [1.29, 1.82) is 0 Å². The van der Waals surface area contributed by atoms with Crippen molar-refractivity contribution in [3.8, 4) is 0 Å². The van der Waals surface area contributed by atoms with Crippen LogP contribution in [-0.2, 0) is 39.6 Å². The molecule has 0 saturated heterocycles. The molecular weight excluding hydrogens is 410 g/mol. The topological polar surface area (TPSA) is 40.5 Å². The minimum atomic E-state index is -0.125. The van der Waals surface area contributed by atoms with E-state index >= 15 is 0 Å². The van der Waals surface area contributed by atoms with Gasteiger partial charge in [-0.05, 0) is 0 Å². The molecule has 0 aromatic heterocycles. The molecule has 0 heterocycles. The standard InChI is InChI=1S/C2H6O2.Sn.V.W/c3-1-2-4;;;/h3-4H,1-2H2;;;. The molecule has 0 rings (SSSR count). The zero-order valence-electron chi connectivity index (χ0n) is 3.66. The van der Waals surface area contributed by atoms with Gasteiger partial charge in [0, 0.05) is 63.5 Å². The van der Waals surface area contributed by atoms with Gasteiger partial charge in [0.25, 0.3) is 0 Å². The number of aliphatic hydroxyl groups is 2. The number of rotatable bonds is 1. The zero-order chi connectivity index (χ0) is 3.41. The van der Waals surface area contributed by atoms with Gasteiger partial charge in [0.15, 0.2) is 0 Å². The maximum Gasteiger partial charge on any atom is 0.0662 e. The Labute approximate surface area is 86.2 Å². The summed E-state index contributed by atoms with van der Waals surface area (Å²) >= 11 is 0. The molecule has 0 saturated carbocycles. The van der Waals surface area contributed by atoms with Crippen molar-refractivity contribution in [1.82, 2.24) is 0 Å². The Morgan fingerprint density at radius 2 is 1.14 bits per heavy atom. The molecule has 0 aliphatic heterocycles.